The molecule has 2 N–H and O–H groups in total. The van der Waals surface area contributed by atoms with Crippen molar-refractivity contribution < 1.29 is 14.3 Å². The van der Waals surface area contributed by atoms with E-state index < -0.39 is 5.41 Å². The SMILES string of the molecule is CN(C(=O)C1(CN)CCOCC1)C1CCOC1. The zero-order valence-electron chi connectivity index (χ0n) is 10.5. The van der Waals surface area contributed by atoms with Gasteiger partial charge in [0.2, 0.25) is 5.91 Å². The van der Waals surface area contributed by atoms with Gasteiger partial charge in [-0.15, -0.1) is 0 Å². The van der Waals surface area contributed by atoms with Gasteiger partial charge in [0, 0.05) is 33.4 Å². The number of rotatable bonds is 3. The van der Waals surface area contributed by atoms with Gasteiger partial charge in [-0.25, -0.2) is 0 Å². The van der Waals surface area contributed by atoms with Gasteiger partial charge in [-0.05, 0) is 19.3 Å². The summed E-state index contributed by atoms with van der Waals surface area (Å²) in [6.07, 6.45) is 2.40. The van der Waals surface area contributed by atoms with E-state index in [1.54, 1.807) is 0 Å². The molecule has 0 bridgehead atoms. The molecule has 1 atom stereocenters. The second-order valence-electron chi connectivity index (χ2n) is 5.03. The summed E-state index contributed by atoms with van der Waals surface area (Å²) in [4.78, 5) is 14.4. The van der Waals surface area contributed by atoms with Crippen LogP contribution in [0.25, 0.3) is 0 Å². The quantitative estimate of drug-likeness (QED) is 0.756. The lowest BCUT2D eigenvalue weighted by Gasteiger charge is -2.39. The van der Waals surface area contributed by atoms with Crippen molar-refractivity contribution in [2.24, 2.45) is 11.1 Å². The van der Waals surface area contributed by atoms with E-state index in [0.717, 1.165) is 25.9 Å². The standard InChI is InChI=1S/C12H22N2O3/c1-14(10-2-5-17-8-10)11(15)12(9-13)3-6-16-7-4-12/h10H,2-9,13H2,1H3. The van der Waals surface area contributed by atoms with E-state index in [-0.39, 0.29) is 11.9 Å². The highest BCUT2D eigenvalue weighted by molar-refractivity contribution is 5.83. The molecule has 0 radical (unpaired) electrons. The van der Waals surface area contributed by atoms with Crippen molar-refractivity contribution in [1.82, 2.24) is 4.90 Å². The second kappa shape index (κ2) is 5.33. The number of carbonyl (C=O) groups is 1. The molecule has 2 fully saturated rings. The third kappa shape index (κ3) is 2.46. The highest BCUT2D eigenvalue weighted by Crippen LogP contribution is 2.32. The predicted octanol–water partition coefficient (Wildman–Crippen LogP) is -0.0108. The van der Waals surface area contributed by atoms with E-state index in [1.165, 1.54) is 0 Å². The summed E-state index contributed by atoms with van der Waals surface area (Å²) >= 11 is 0. The van der Waals surface area contributed by atoms with Gasteiger partial charge in [-0.1, -0.05) is 0 Å². The van der Waals surface area contributed by atoms with Crippen molar-refractivity contribution in [3.63, 3.8) is 0 Å². The van der Waals surface area contributed by atoms with Crippen molar-refractivity contribution in [2.45, 2.75) is 25.3 Å². The van der Waals surface area contributed by atoms with Gasteiger partial charge < -0.3 is 20.1 Å². The smallest absolute Gasteiger partial charge is 0.230 e. The zero-order valence-corrected chi connectivity index (χ0v) is 10.5. The van der Waals surface area contributed by atoms with Crippen LogP contribution in [0.2, 0.25) is 0 Å². The summed E-state index contributed by atoms with van der Waals surface area (Å²) in [6.45, 7) is 3.09. The largest absolute Gasteiger partial charge is 0.381 e. The Balaban J connectivity index is 2.04. The van der Waals surface area contributed by atoms with E-state index >= 15 is 0 Å². The first-order valence-electron chi connectivity index (χ1n) is 6.32. The molecule has 0 aromatic carbocycles. The first-order chi connectivity index (χ1) is 8.19. The van der Waals surface area contributed by atoms with Gasteiger partial charge in [0.1, 0.15) is 0 Å². The Morgan fingerprint density at radius 1 is 1.35 bits per heavy atom. The molecule has 2 heterocycles. The lowest BCUT2D eigenvalue weighted by atomic mass is 9.78. The van der Waals surface area contributed by atoms with Gasteiger partial charge in [-0.3, -0.25) is 4.79 Å². The normalized spacial score (nSPS) is 28.0. The van der Waals surface area contributed by atoms with Crippen molar-refractivity contribution in [2.75, 3.05) is 40.0 Å². The summed E-state index contributed by atoms with van der Waals surface area (Å²) in [5, 5.41) is 0. The van der Waals surface area contributed by atoms with Crippen LogP contribution in [0.5, 0.6) is 0 Å². The van der Waals surface area contributed by atoms with E-state index in [1.807, 2.05) is 11.9 Å². The average molecular weight is 242 g/mol. The molecule has 0 saturated carbocycles. The molecule has 0 aromatic rings. The molecule has 0 aromatic heterocycles. The summed E-state index contributed by atoms with van der Waals surface area (Å²) in [7, 11) is 1.87. The number of hydrogen-bond donors (Lipinski definition) is 1. The van der Waals surface area contributed by atoms with E-state index in [9.17, 15) is 4.79 Å². The van der Waals surface area contributed by atoms with Crippen LogP contribution in [0.1, 0.15) is 19.3 Å². The minimum absolute atomic E-state index is 0.166. The third-order valence-corrected chi connectivity index (χ3v) is 4.07. The van der Waals surface area contributed by atoms with Gasteiger partial charge in [0.25, 0.3) is 0 Å². The van der Waals surface area contributed by atoms with Gasteiger partial charge in [0.05, 0.1) is 18.1 Å². The minimum Gasteiger partial charge on any atom is -0.381 e. The van der Waals surface area contributed by atoms with Crippen LogP contribution in [-0.4, -0.2) is 56.9 Å². The number of carbonyl (C=O) groups excluding carboxylic acids is 1. The Labute approximate surface area is 102 Å². The summed E-state index contributed by atoms with van der Waals surface area (Å²) < 4.78 is 10.7. The van der Waals surface area contributed by atoms with Crippen LogP contribution < -0.4 is 5.73 Å². The van der Waals surface area contributed by atoms with Crippen LogP contribution in [0.15, 0.2) is 0 Å². The summed E-state index contributed by atoms with van der Waals surface area (Å²) in [5.74, 6) is 0.166. The highest BCUT2D eigenvalue weighted by atomic mass is 16.5. The first-order valence-corrected chi connectivity index (χ1v) is 6.32. The molecule has 98 valence electrons. The minimum atomic E-state index is -0.407. The van der Waals surface area contributed by atoms with Crippen molar-refractivity contribution in [3.05, 3.63) is 0 Å². The maximum Gasteiger partial charge on any atom is 0.230 e. The number of nitrogens with zero attached hydrogens (tertiary/aromatic N) is 1. The number of ether oxygens (including phenoxy) is 2. The van der Waals surface area contributed by atoms with Crippen molar-refractivity contribution in [1.29, 1.82) is 0 Å². The van der Waals surface area contributed by atoms with E-state index in [4.69, 9.17) is 15.2 Å². The molecule has 2 aliphatic rings. The molecular formula is C12H22N2O3. The lowest BCUT2D eigenvalue weighted by Crippen LogP contribution is -2.52. The van der Waals surface area contributed by atoms with Crippen LogP contribution in [0.3, 0.4) is 0 Å². The fraction of sp³-hybridized carbons (Fsp3) is 0.917. The lowest BCUT2D eigenvalue weighted by molar-refractivity contribution is -0.148. The Morgan fingerprint density at radius 2 is 2.06 bits per heavy atom. The fourth-order valence-corrected chi connectivity index (χ4v) is 2.63. The maximum absolute atomic E-state index is 12.6. The zero-order chi connectivity index (χ0) is 12.3. The molecule has 2 rings (SSSR count). The van der Waals surface area contributed by atoms with Crippen molar-refractivity contribution >= 4 is 5.91 Å². The summed E-state index contributed by atoms with van der Waals surface area (Å²) in [6, 6.07) is 0.216. The van der Waals surface area contributed by atoms with Crippen LogP contribution in [0, 0.1) is 5.41 Å². The Hall–Kier alpha value is -0.650. The number of nitrogens with two attached hydrogens (primary N) is 1. The van der Waals surface area contributed by atoms with E-state index in [2.05, 4.69) is 0 Å². The topological polar surface area (TPSA) is 64.8 Å². The van der Waals surface area contributed by atoms with Gasteiger partial charge >= 0.3 is 0 Å². The van der Waals surface area contributed by atoms with Crippen LogP contribution in [0.4, 0.5) is 0 Å². The maximum atomic E-state index is 12.6. The molecule has 17 heavy (non-hydrogen) atoms. The Kier molecular flexibility index (Phi) is 4.01. The molecular weight excluding hydrogens is 220 g/mol. The fourth-order valence-electron chi connectivity index (χ4n) is 2.63. The second-order valence-corrected chi connectivity index (χ2v) is 5.03. The van der Waals surface area contributed by atoms with Gasteiger partial charge in [-0.2, -0.15) is 0 Å². The molecule has 0 spiro atoms. The van der Waals surface area contributed by atoms with Crippen molar-refractivity contribution in [3.8, 4) is 0 Å². The number of amides is 1. The predicted molar refractivity (Wildman–Crippen MR) is 63.5 cm³/mol. The van der Waals surface area contributed by atoms with Crippen LogP contribution in [-0.2, 0) is 14.3 Å². The third-order valence-electron chi connectivity index (χ3n) is 4.07. The molecule has 1 amide bonds. The highest BCUT2D eigenvalue weighted by Gasteiger charge is 2.42. The van der Waals surface area contributed by atoms with Gasteiger partial charge in [0.15, 0.2) is 0 Å². The monoisotopic (exact) mass is 242 g/mol. The molecule has 2 saturated heterocycles. The Morgan fingerprint density at radius 3 is 2.59 bits per heavy atom. The first kappa shape index (κ1) is 12.8. The molecule has 5 heteroatoms. The van der Waals surface area contributed by atoms with Crippen LogP contribution >= 0.6 is 0 Å². The molecule has 0 aliphatic carbocycles. The molecule has 5 nitrogen and oxygen atoms in total. The molecule has 2 aliphatic heterocycles. The number of hydrogen-bond acceptors (Lipinski definition) is 4. The number of likely N-dealkylation sites (N-methyl/N-ethyl adjacent to an activating group) is 1. The molecule has 1 unspecified atom stereocenters. The summed E-state index contributed by atoms with van der Waals surface area (Å²) in [5.41, 5.74) is 5.43. The Bertz CT molecular complexity index is 271. The average Bonchev–Trinajstić information content (AvgIpc) is 2.91. The van der Waals surface area contributed by atoms with E-state index in [0.29, 0.717) is 26.4 Å².